The average Bonchev–Trinajstić information content (AvgIpc) is 2.44. The van der Waals surface area contributed by atoms with Gasteiger partial charge in [0.15, 0.2) is 0 Å². The van der Waals surface area contributed by atoms with Gasteiger partial charge in [-0.3, -0.25) is 0 Å². The number of hydrogen-bond acceptors (Lipinski definition) is 2. The van der Waals surface area contributed by atoms with E-state index in [1.165, 1.54) is 43.5 Å². The molecule has 0 unspecified atom stereocenters. The lowest BCUT2D eigenvalue weighted by Gasteiger charge is -2.24. The molecule has 108 valence electrons. The molecule has 0 fully saturated rings. The van der Waals surface area contributed by atoms with E-state index in [1.807, 2.05) is 0 Å². The van der Waals surface area contributed by atoms with E-state index >= 15 is 0 Å². The highest BCUT2D eigenvalue weighted by molar-refractivity contribution is 5.58. The minimum Gasteiger partial charge on any atom is -0.385 e. The molecular weight excluding hydrogens is 232 g/mol. The molecule has 0 atom stereocenters. The third-order valence-corrected chi connectivity index (χ3v) is 3.31. The third-order valence-electron chi connectivity index (χ3n) is 3.31. The van der Waals surface area contributed by atoms with Crippen LogP contribution in [0.3, 0.4) is 0 Å². The Morgan fingerprint density at radius 2 is 1.68 bits per heavy atom. The van der Waals surface area contributed by atoms with Gasteiger partial charge in [0, 0.05) is 31.0 Å². The Labute approximate surface area is 119 Å². The first-order valence-electron chi connectivity index (χ1n) is 7.90. The van der Waals surface area contributed by atoms with Crippen LogP contribution >= 0.6 is 0 Å². The zero-order valence-electron chi connectivity index (χ0n) is 12.9. The van der Waals surface area contributed by atoms with E-state index in [2.05, 4.69) is 55.3 Å². The van der Waals surface area contributed by atoms with E-state index in [1.54, 1.807) is 0 Å². The molecule has 1 N–H and O–H groups in total. The fourth-order valence-corrected chi connectivity index (χ4v) is 2.33. The van der Waals surface area contributed by atoms with Crippen molar-refractivity contribution in [3.05, 3.63) is 24.3 Å². The Hall–Kier alpha value is -1.18. The minimum atomic E-state index is 1.08. The topological polar surface area (TPSA) is 15.3 Å². The summed E-state index contributed by atoms with van der Waals surface area (Å²) in [5, 5.41) is 3.53. The van der Waals surface area contributed by atoms with Crippen molar-refractivity contribution in [1.29, 1.82) is 0 Å². The molecule has 19 heavy (non-hydrogen) atoms. The summed E-state index contributed by atoms with van der Waals surface area (Å²) in [4.78, 5) is 2.48. The molecule has 0 aromatic heterocycles. The summed E-state index contributed by atoms with van der Waals surface area (Å²) < 4.78 is 0. The van der Waals surface area contributed by atoms with Crippen molar-refractivity contribution in [3.8, 4) is 0 Å². The lowest BCUT2D eigenvalue weighted by atomic mass is 10.2. The van der Waals surface area contributed by atoms with Crippen LogP contribution in [0, 0.1) is 0 Å². The lowest BCUT2D eigenvalue weighted by Crippen LogP contribution is -2.24. The van der Waals surface area contributed by atoms with Crippen molar-refractivity contribution in [2.24, 2.45) is 0 Å². The maximum atomic E-state index is 3.53. The van der Waals surface area contributed by atoms with Crippen molar-refractivity contribution < 1.29 is 0 Å². The largest absolute Gasteiger partial charge is 0.385 e. The standard InChI is InChI=1S/C17H30N2/c1-4-7-8-12-18-16-10-9-11-17(15-16)19(13-5-2)14-6-3/h9-11,15,18H,4-8,12-14H2,1-3H3. The normalized spacial score (nSPS) is 10.5. The predicted molar refractivity (Wildman–Crippen MR) is 87.3 cm³/mol. The zero-order valence-corrected chi connectivity index (χ0v) is 12.9. The van der Waals surface area contributed by atoms with Gasteiger partial charge in [-0.2, -0.15) is 0 Å². The van der Waals surface area contributed by atoms with Crippen molar-refractivity contribution >= 4 is 11.4 Å². The molecule has 1 aromatic carbocycles. The smallest absolute Gasteiger partial charge is 0.0386 e. The van der Waals surface area contributed by atoms with Gasteiger partial charge in [-0.1, -0.05) is 39.7 Å². The van der Waals surface area contributed by atoms with E-state index < -0.39 is 0 Å². The molecule has 0 aliphatic heterocycles. The SMILES string of the molecule is CCCCCNc1cccc(N(CCC)CCC)c1. The quantitative estimate of drug-likeness (QED) is 0.602. The molecule has 1 aromatic rings. The van der Waals surface area contributed by atoms with Gasteiger partial charge in [-0.05, 0) is 37.5 Å². The molecule has 0 saturated heterocycles. The second kappa shape index (κ2) is 9.71. The van der Waals surface area contributed by atoms with Crippen LogP contribution < -0.4 is 10.2 Å². The first-order valence-corrected chi connectivity index (χ1v) is 7.90. The van der Waals surface area contributed by atoms with Gasteiger partial charge >= 0.3 is 0 Å². The number of benzene rings is 1. The van der Waals surface area contributed by atoms with Gasteiger partial charge < -0.3 is 10.2 Å². The number of nitrogens with zero attached hydrogens (tertiary/aromatic N) is 1. The van der Waals surface area contributed by atoms with E-state index in [-0.39, 0.29) is 0 Å². The average molecular weight is 262 g/mol. The molecule has 0 amide bonds. The molecule has 0 spiro atoms. The van der Waals surface area contributed by atoms with Crippen molar-refractivity contribution in [3.63, 3.8) is 0 Å². The molecule has 0 heterocycles. The molecule has 0 aliphatic rings. The summed E-state index contributed by atoms with van der Waals surface area (Å²) in [5.74, 6) is 0. The lowest BCUT2D eigenvalue weighted by molar-refractivity contribution is 0.741. The van der Waals surface area contributed by atoms with Crippen molar-refractivity contribution in [1.82, 2.24) is 0 Å². The zero-order chi connectivity index (χ0) is 13.9. The first-order chi connectivity index (χ1) is 9.31. The van der Waals surface area contributed by atoms with Gasteiger partial charge in [-0.25, -0.2) is 0 Å². The number of unbranched alkanes of at least 4 members (excludes halogenated alkanes) is 2. The summed E-state index contributed by atoms with van der Waals surface area (Å²) in [7, 11) is 0. The van der Waals surface area contributed by atoms with Gasteiger partial charge in [0.1, 0.15) is 0 Å². The van der Waals surface area contributed by atoms with E-state index in [9.17, 15) is 0 Å². The molecular formula is C17H30N2. The van der Waals surface area contributed by atoms with Crippen LogP contribution in [0.4, 0.5) is 11.4 Å². The number of rotatable bonds is 10. The van der Waals surface area contributed by atoms with Crippen LogP contribution in [-0.2, 0) is 0 Å². The van der Waals surface area contributed by atoms with Gasteiger partial charge in [0.2, 0.25) is 0 Å². The summed E-state index contributed by atoms with van der Waals surface area (Å²) in [6, 6.07) is 8.85. The summed E-state index contributed by atoms with van der Waals surface area (Å²) >= 11 is 0. The number of anilines is 2. The van der Waals surface area contributed by atoms with Crippen LogP contribution in [0.15, 0.2) is 24.3 Å². The highest BCUT2D eigenvalue weighted by Crippen LogP contribution is 2.20. The number of nitrogens with one attached hydrogen (secondary N) is 1. The van der Waals surface area contributed by atoms with Crippen molar-refractivity contribution in [2.75, 3.05) is 29.9 Å². The molecule has 2 nitrogen and oxygen atoms in total. The Kier molecular flexibility index (Phi) is 8.11. The Morgan fingerprint density at radius 1 is 0.947 bits per heavy atom. The second-order valence-electron chi connectivity index (χ2n) is 5.17. The highest BCUT2D eigenvalue weighted by Gasteiger charge is 2.04. The first kappa shape index (κ1) is 15.9. The molecule has 0 radical (unpaired) electrons. The van der Waals surface area contributed by atoms with Gasteiger partial charge in [-0.15, -0.1) is 0 Å². The van der Waals surface area contributed by atoms with Crippen LogP contribution in [0.5, 0.6) is 0 Å². The third kappa shape index (κ3) is 6.00. The summed E-state index contributed by atoms with van der Waals surface area (Å²) in [6.07, 6.45) is 6.25. The molecule has 1 rings (SSSR count). The summed E-state index contributed by atoms with van der Waals surface area (Å²) in [6.45, 7) is 10.1. The predicted octanol–water partition coefficient (Wildman–Crippen LogP) is 4.92. The molecule has 2 heteroatoms. The second-order valence-corrected chi connectivity index (χ2v) is 5.17. The van der Waals surface area contributed by atoms with Crippen LogP contribution in [0.2, 0.25) is 0 Å². The fourth-order valence-electron chi connectivity index (χ4n) is 2.33. The monoisotopic (exact) mass is 262 g/mol. The van der Waals surface area contributed by atoms with E-state index in [4.69, 9.17) is 0 Å². The Balaban J connectivity index is 2.58. The Morgan fingerprint density at radius 3 is 2.32 bits per heavy atom. The van der Waals surface area contributed by atoms with Crippen LogP contribution in [0.1, 0.15) is 52.9 Å². The molecule has 0 aliphatic carbocycles. The minimum absolute atomic E-state index is 1.08. The maximum Gasteiger partial charge on any atom is 0.0386 e. The highest BCUT2D eigenvalue weighted by atomic mass is 15.1. The fraction of sp³-hybridized carbons (Fsp3) is 0.647. The van der Waals surface area contributed by atoms with Crippen LogP contribution in [-0.4, -0.2) is 19.6 Å². The van der Waals surface area contributed by atoms with Crippen LogP contribution in [0.25, 0.3) is 0 Å². The van der Waals surface area contributed by atoms with E-state index in [0.717, 1.165) is 19.6 Å². The number of hydrogen-bond donors (Lipinski definition) is 1. The maximum absolute atomic E-state index is 3.53. The van der Waals surface area contributed by atoms with Gasteiger partial charge in [0.25, 0.3) is 0 Å². The molecule has 0 saturated carbocycles. The van der Waals surface area contributed by atoms with Crippen molar-refractivity contribution in [2.45, 2.75) is 52.9 Å². The van der Waals surface area contributed by atoms with E-state index in [0.29, 0.717) is 0 Å². The summed E-state index contributed by atoms with van der Waals surface area (Å²) in [5.41, 5.74) is 2.61. The molecule has 0 bridgehead atoms. The van der Waals surface area contributed by atoms with Gasteiger partial charge in [0.05, 0.1) is 0 Å². The Bertz CT molecular complexity index is 330.